The van der Waals surface area contributed by atoms with Crippen LogP contribution in [0.1, 0.15) is 35.6 Å². The number of benzene rings is 2. The standard InChI is InChI=1S/C15H16O.C4H8O/c1-11-4-3-5-13(8-11)10-14-9-12(2)6-7-15(14)16;1-3-2-4(3)5/h3-9,16H,10H2,1-2H3;3-5H,2H2,1H3. The van der Waals surface area contributed by atoms with Crippen molar-refractivity contribution < 1.29 is 10.2 Å². The molecule has 2 aromatic carbocycles. The average molecular weight is 284 g/mol. The van der Waals surface area contributed by atoms with Gasteiger partial charge in [-0.1, -0.05) is 54.4 Å². The molecule has 112 valence electrons. The number of hydrogen-bond donors (Lipinski definition) is 2. The molecule has 0 aliphatic heterocycles. The molecule has 1 aliphatic rings. The van der Waals surface area contributed by atoms with E-state index in [1.54, 1.807) is 6.07 Å². The molecule has 0 saturated heterocycles. The fourth-order valence-electron chi connectivity index (χ4n) is 2.20. The maximum absolute atomic E-state index is 9.77. The smallest absolute Gasteiger partial charge is 0.119 e. The number of hydrogen-bond acceptors (Lipinski definition) is 2. The number of phenolic OH excluding ortho intramolecular Hbond substituents is 1. The van der Waals surface area contributed by atoms with Gasteiger partial charge < -0.3 is 10.2 Å². The van der Waals surface area contributed by atoms with Crippen LogP contribution in [0, 0.1) is 19.8 Å². The lowest BCUT2D eigenvalue weighted by Crippen LogP contribution is -1.90. The molecule has 1 saturated carbocycles. The van der Waals surface area contributed by atoms with Crippen LogP contribution in [0.25, 0.3) is 0 Å². The number of rotatable bonds is 2. The van der Waals surface area contributed by atoms with Gasteiger partial charge in [0.25, 0.3) is 0 Å². The molecule has 2 unspecified atom stereocenters. The van der Waals surface area contributed by atoms with E-state index in [-0.39, 0.29) is 6.10 Å². The van der Waals surface area contributed by atoms with E-state index in [4.69, 9.17) is 5.11 Å². The fourth-order valence-corrected chi connectivity index (χ4v) is 2.20. The highest BCUT2D eigenvalue weighted by Gasteiger charge is 2.29. The molecule has 2 aromatic rings. The van der Waals surface area contributed by atoms with Crippen molar-refractivity contribution in [3.63, 3.8) is 0 Å². The molecule has 0 radical (unpaired) electrons. The Bertz CT molecular complexity index is 598. The summed E-state index contributed by atoms with van der Waals surface area (Å²) in [6.07, 6.45) is 1.87. The summed E-state index contributed by atoms with van der Waals surface area (Å²) in [4.78, 5) is 0. The lowest BCUT2D eigenvalue weighted by Gasteiger charge is -2.06. The summed E-state index contributed by atoms with van der Waals surface area (Å²) in [6, 6.07) is 14.1. The van der Waals surface area contributed by atoms with Crippen LogP contribution in [0.5, 0.6) is 5.75 Å². The van der Waals surface area contributed by atoms with Crippen molar-refractivity contribution in [2.45, 2.75) is 39.7 Å². The zero-order valence-corrected chi connectivity index (χ0v) is 13.0. The highest BCUT2D eigenvalue weighted by molar-refractivity contribution is 5.39. The summed E-state index contributed by atoms with van der Waals surface area (Å²) in [5.41, 5.74) is 4.66. The number of aryl methyl sites for hydroxylation is 2. The minimum Gasteiger partial charge on any atom is -0.508 e. The largest absolute Gasteiger partial charge is 0.508 e. The number of aromatic hydroxyl groups is 1. The van der Waals surface area contributed by atoms with Gasteiger partial charge in [0.1, 0.15) is 5.75 Å². The molecule has 0 amide bonds. The molecule has 1 fully saturated rings. The summed E-state index contributed by atoms with van der Waals surface area (Å²) in [5.74, 6) is 0.988. The topological polar surface area (TPSA) is 40.5 Å². The van der Waals surface area contributed by atoms with Crippen molar-refractivity contribution in [2.75, 3.05) is 0 Å². The Morgan fingerprint density at radius 1 is 1.05 bits per heavy atom. The van der Waals surface area contributed by atoms with Crippen LogP contribution in [0.3, 0.4) is 0 Å². The van der Waals surface area contributed by atoms with E-state index >= 15 is 0 Å². The predicted octanol–water partition coefficient (Wildman–Crippen LogP) is 3.99. The first-order chi connectivity index (χ1) is 9.95. The highest BCUT2D eigenvalue weighted by atomic mass is 16.3. The molecular formula is C19H24O2. The van der Waals surface area contributed by atoms with Gasteiger partial charge in [-0.05, 0) is 43.4 Å². The van der Waals surface area contributed by atoms with Crippen LogP contribution in [0.15, 0.2) is 42.5 Å². The van der Waals surface area contributed by atoms with Gasteiger partial charge in [-0.25, -0.2) is 0 Å². The zero-order chi connectivity index (χ0) is 15.4. The molecule has 2 heteroatoms. The van der Waals surface area contributed by atoms with Crippen LogP contribution in [-0.2, 0) is 6.42 Å². The molecular weight excluding hydrogens is 260 g/mol. The van der Waals surface area contributed by atoms with E-state index in [2.05, 4.69) is 31.2 Å². The molecule has 2 nitrogen and oxygen atoms in total. The first-order valence-corrected chi connectivity index (χ1v) is 7.48. The van der Waals surface area contributed by atoms with Crippen LogP contribution < -0.4 is 0 Å². The average Bonchev–Trinajstić information content (AvgIpc) is 3.08. The van der Waals surface area contributed by atoms with Gasteiger partial charge in [0, 0.05) is 6.42 Å². The van der Waals surface area contributed by atoms with Crippen molar-refractivity contribution in [3.05, 3.63) is 64.7 Å². The van der Waals surface area contributed by atoms with Crippen LogP contribution in [-0.4, -0.2) is 16.3 Å². The van der Waals surface area contributed by atoms with Gasteiger partial charge in [-0.2, -0.15) is 0 Å². The molecule has 1 aliphatic carbocycles. The van der Waals surface area contributed by atoms with Crippen molar-refractivity contribution >= 4 is 0 Å². The summed E-state index contributed by atoms with van der Waals surface area (Å²) in [6.45, 7) is 6.17. The summed E-state index contributed by atoms with van der Waals surface area (Å²) < 4.78 is 0. The summed E-state index contributed by atoms with van der Waals surface area (Å²) in [7, 11) is 0. The molecule has 0 bridgehead atoms. The second kappa shape index (κ2) is 6.77. The zero-order valence-electron chi connectivity index (χ0n) is 13.0. The Kier molecular flexibility index (Phi) is 5.03. The van der Waals surface area contributed by atoms with Crippen molar-refractivity contribution in [1.29, 1.82) is 0 Å². The molecule has 21 heavy (non-hydrogen) atoms. The van der Waals surface area contributed by atoms with Crippen molar-refractivity contribution in [2.24, 2.45) is 5.92 Å². The molecule has 2 atom stereocenters. The Labute approximate surface area is 127 Å². The van der Waals surface area contributed by atoms with Crippen molar-refractivity contribution in [1.82, 2.24) is 0 Å². The normalized spacial score (nSPS) is 19.6. The van der Waals surface area contributed by atoms with Crippen LogP contribution in [0.2, 0.25) is 0 Å². The molecule has 0 aromatic heterocycles. The maximum Gasteiger partial charge on any atom is 0.119 e. The maximum atomic E-state index is 9.77. The number of aliphatic hydroxyl groups excluding tert-OH is 1. The van der Waals surface area contributed by atoms with Gasteiger partial charge >= 0.3 is 0 Å². The molecule has 0 heterocycles. The van der Waals surface area contributed by atoms with Crippen LogP contribution in [0.4, 0.5) is 0 Å². The third-order valence-electron chi connectivity index (χ3n) is 3.78. The minimum absolute atomic E-state index is 0.0509. The van der Waals surface area contributed by atoms with E-state index < -0.39 is 0 Å². The summed E-state index contributed by atoms with van der Waals surface area (Å²) >= 11 is 0. The number of aliphatic hydroxyl groups is 1. The second-order valence-corrected chi connectivity index (χ2v) is 6.08. The molecule has 3 rings (SSSR count). The first-order valence-electron chi connectivity index (χ1n) is 7.48. The minimum atomic E-state index is 0.0509. The monoisotopic (exact) mass is 284 g/mol. The van der Waals surface area contributed by atoms with E-state index in [1.807, 2.05) is 26.0 Å². The molecule has 2 N–H and O–H groups in total. The Morgan fingerprint density at radius 3 is 2.24 bits per heavy atom. The third kappa shape index (κ3) is 4.91. The lowest BCUT2D eigenvalue weighted by atomic mass is 10.0. The van der Waals surface area contributed by atoms with E-state index in [0.29, 0.717) is 11.7 Å². The van der Waals surface area contributed by atoms with Gasteiger partial charge in [-0.3, -0.25) is 0 Å². The third-order valence-corrected chi connectivity index (χ3v) is 3.78. The van der Waals surface area contributed by atoms with Crippen molar-refractivity contribution in [3.8, 4) is 5.75 Å². The lowest BCUT2D eigenvalue weighted by molar-refractivity contribution is 0.263. The Morgan fingerprint density at radius 2 is 1.67 bits per heavy atom. The SMILES string of the molecule is CC1CC1O.Cc1cccc(Cc2cc(C)ccc2O)c1. The van der Waals surface area contributed by atoms with E-state index in [9.17, 15) is 5.11 Å². The fraction of sp³-hybridized carbons (Fsp3) is 0.368. The van der Waals surface area contributed by atoms with Gasteiger partial charge in [0.15, 0.2) is 0 Å². The van der Waals surface area contributed by atoms with Gasteiger partial charge in [0.05, 0.1) is 6.10 Å². The Balaban J connectivity index is 0.000000272. The predicted molar refractivity (Wildman–Crippen MR) is 86.6 cm³/mol. The van der Waals surface area contributed by atoms with Crippen LogP contribution >= 0.6 is 0 Å². The Hall–Kier alpha value is -1.80. The first kappa shape index (κ1) is 15.6. The number of phenols is 1. The quantitative estimate of drug-likeness (QED) is 0.875. The summed E-state index contributed by atoms with van der Waals surface area (Å²) in [5, 5.41) is 18.2. The van der Waals surface area contributed by atoms with Gasteiger partial charge in [0.2, 0.25) is 0 Å². The van der Waals surface area contributed by atoms with Gasteiger partial charge in [-0.15, -0.1) is 0 Å². The van der Waals surface area contributed by atoms with E-state index in [1.165, 1.54) is 16.7 Å². The molecule has 0 spiro atoms. The second-order valence-electron chi connectivity index (χ2n) is 6.08. The highest BCUT2D eigenvalue weighted by Crippen LogP contribution is 2.28. The van der Waals surface area contributed by atoms with E-state index in [0.717, 1.165) is 18.4 Å².